The lowest BCUT2D eigenvalue weighted by molar-refractivity contribution is -0.132. The summed E-state index contributed by atoms with van der Waals surface area (Å²) in [5.41, 5.74) is 7.40. The molecule has 2 aromatic carbocycles. The summed E-state index contributed by atoms with van der Waals surface area (Å²) in [5, 5.41) is 2.94. The lowest BCUT2D eigenvalue weighted by Gasteiger charge is -2.27. The first-order valence-corrected chi connectivity index (χ1v) is 9.39. The van der Waals surface area contributed by atoms with E-state index in [-0.39, 0.29) is 29.6 Å². The Morgan fingerprint density at radius 3 is 2.29 bits per heavy atom. The molecule has 2 unspecified atom stereocenters. The van der Waals surface area contributed by atoms with E-state index in [0.717, 1.165) is 12.0 Å². The average molecular weight is 402 g/mol. The molecule has 150 valence electrons. The van der Waals surface area contributed by atoms with Crippen LogP contribution >= 0.6 is 12.4 Å². The normalized spacial score (nSPS) is 19.6. The zero-order chi connectivity index (χ0) is 19.3. The number of benzene rings is 2. The fourth-order valence-electron chi connectivity index (χ4n) is 3.48. The number of hydrogen-bond acceptors (Lipinski definition) is 3. The largest absolute Gasteiger partial charge is 0.340 e. The van der Waals surface area contributed by atoms with Crippen LogP contribution in [0.3, 0.4) is 0 Å². The van der Waals surface area contributed by atoms with Crippen molar-refractivity contribution >= 4 is 24.2 Å². The van der Waals surface area contributed by atoms with Crippen molar-refractivity contribution in [2.45, 2.75) is 25.8 Å². The topological polar surface area (TPSA) is 75.4 Å². The lowest BCUT2D eigenvalue weighted by Crippen LogP contribution is -2.49. The molecular weight excluding hydrogens is 374 g/mol. The van der Waals surface area contributed by atoms with Crippen molar-refractivity contribution in [3.63, 3.8) is 0 Å². The van der Waals surface area contributed by atoms with Gasteiger partial charge in [0.1, 0.15) is 6.04 Å². The third-order valence-electron chi connectivity index (χ3n) is 5.28. The Bertz CT molecular complexity index is 785. The summed E-state index contributed by atoms with van der Waals surface area (Å²) >= 11 is 0. The molecule has 1 saturated heterocycles. The highest BCUT2D eigenvalue weighted by Gasteiger charge is 2.37. The minimum atomic E-state index is -0.597. The molecule has 0 bridgehead atoms. The van der Waals surface area contributed by atoms with E-state index in [1.807, 2.05) is 53.4 Å². The van der Waals surface area contributed by atoms with Crippen molar-refractivity contribution in [3.8, 4) is 0 Å². The molecule has 0 saturated carbocycles. The summed E-state index contributed by atoms with van der Waals surface area (Å²) in [6.45, 7) is 3.97. The van der Waals surface area contributed by atoms with Crippen LogP contribution < -0.4 is 11.1 Å². The SMILES string of the molecule is CC1(CN)CCN(C(=O)C(Cc2ccccc2)NC(=O)c2ccccc2)C1.Cl. The smallest absolute Gasteiger partial charge is 0.251 e. The number of nitrogens with two attached hydrogens (primary N) is 1. The second kappa shape index (κ2) is 9.71. The van der Waals surface area contributed by atoms with Crippen molar-refractivity contribution in [3.05, 3.63) is 71.8 Å². The third-order valence-corrected chi connectivity index (χ3v) is 5.28. The molecule has 2 amide bonds. The van der Waals surface area contributed by atoms with E-state index in [4.69, 9.17) is 5.73 Å². The molecule has 2 aromatic rings. The quantitative estimate of drug-likeness (QED) is 0.781. The zero-order valence-electron chi connectivity index (χ0n) is 16.1. The van der Waals surface area contributed by atoms with E-state index in [0.29, 0.717) is 31.6 Å². The fourth-order valence-corrected chi connectivity index (χ4v) is 3.48. The van der Waals surface area contributed by atoms with Gasteiger partial charge in [0.25, 0.3) is 5.91 Å². The Kier molecular flexibility index (Phi) is 7.61. The number of carbonyl (C=O) groups excluding carboxylic acids is 2. The highest BCUT2D eigenvalue weighted by Crippen LogP contribution is 2.29. The number of halogens is 1. The second-order valence-electron chi connectivity index (χ2n) is 7.61. The number of nitrogens with zero attached hydrogens (tertiary/aromatic N) is 1. The average Bonchev–Trinajstić information content (AvgIpc) is 3.11. The van der Waals surface area contributed by atoms with Crippen molar-refractivity contribution in [2.24, 2.45) is 11.1 Å². The van der Waals surface area contributed by atoms with Crippen LogP contribution in [0.25, 0.3) is 0 Å². The van der Waals surface area contributed by atoms with Gasteiger partial charge in [0.15, 0.2) is 0 Å². The van der Waals surface area contributed by atoms with Gasteiger partial charge in [-0.05, 0) is 36.1 Å². The number of rotatable bonds is 6. The molecule has 3 rings (SSSR count). The first kappa shape index (κ1) is 21.9. The highest BCUT2D eigenvalue weighted by molar-refractivity contribution is 5.97. The molecule has 0 aromatic heterocycles. The molecule has 1 aliphatic heterocycles. The molecule has 1 aliphatic rings. The van der Waals surface area contributed by atoms with Crippen LogP contribution in [0.15, 0.2) is 60.7 Å². The number of likely N-dealkylation sites (tertiary alicyclic amines) is 1. The van der Waals surface area contributed by atoms with Gasteiger partial charge in [0.2, 0.25) is 5.91 Å². The first-order valence-electron chi connectivity index (χ1n) is 9.39. The number of hydrogen-bond donors (Lipinski definition) is 2. The van der Waals surface area contributed by atoms with Crippen LogP contribution in [-0.4, -0.2) is 42.4 Å². The molecule has 2 atom stereocenters. The van der Waals surface area contributed by atoms with E-state index >= 15 is 0 Å². The Labute approximate surface area is 172 Å². The molecule has 1 fully saturated rings. The molecule has 0 spiro atoms. The van der Waals surface area contributed by atoms with Gasteiger partial charge in [-0.15, -0.1) is 12.4 Å². The molecule has 5 nitrogen and oxygen atoms in total. The van der Waals surface area contributed by atoms with Gasteiger partial charge in [-0.1, -0.05) is 55.5 Å². The van der Waals surface area contributed by atoms with Crippen LogP contribution in [0.5, 0.6) is 0 Å². The Hall–Kier alpha value is -2.37. The Morgan fingerprint density at radius 1 is 1.11 bits per heavy atom. The van der Waals surface area contributed by atoms with Crippen molar-refractivity contribution in [1.82, 2.24) is 10.2 Å². The van der Waals surface area contributed by atoms with Crippen molar-refractivity contribution in [2.75, 3.05) is 19.6 Å². The summed E-state index contributed by atoms with van der Waals surface area (Å²) in [4.78, 5) is 27.7. The van der Waals surface area contributed by atoms with Gasteiger partial charge in [-0.25, -0.2) is 0 Å². The van der Waals surface area contributed by atoms with E-state index < -0.39 is 6.04 Å². The summed E-state index contributed by atoms with van der Waals surface area (Å²) in [6, 6.07) is 18.2. The molecule has 6 heteroatoms. The maximum atomic E-state index is 13.2. The van der Waals surface area contributed by atoms with E-state index in [1.165, 1.54) is 0 Å². The third kappa shape index (κ3) is 5.33. The summed E-state index contributed by atoms with van der Waals surface area (Å²) in [6.07, 6.45) is 1.36. The van der Waals surface area contributed by atoms with Crippen LogP contribution in [0.4, 0.5) is 0 Å². The van der Waals surface area contributed by atoms with Crippen molar-refractivity contribution < 1.29 is 9.59 Å². The number of nitrogens with one attached hydrogen (secondary N) is 1. The van der Waals surface area contributed by atoms with Crippen LogP contribution in [0.2, 0.25) is 0 Å². The van der Waals surface area contributed by atoms with Gasteiger partial charge >= 0.3 is 0 Å². The Morgan fingerprint density at radius 2 is 1.71 bits per heavy atom. The van der Waals surface area contributed by atoms with Crippen molar-refractivity contribution in [1.29, 1.82) is 0 Å². The van der Waals surface area contributed by atoms with E-state index in [1.54, 1.807) is 12.1 Å². The molecule has 28 heavy (non-hydrogen) atoms. The van der Waals surface area contributed by atoms with Gasteiger partial charge < -0.3 is 16.0 Å². The maximum Gasteiger partial charge on any atom is 0.251 e. The van der Waals surface area contributed by atoms with Gasteiger partial charge in [-0.3, -0.25) is 9.59 Å². The zero-order valence-corrected chi connectivity index (χ0v) is 17.0. The second-order valence-corrected chi connectivity index (χ2v) is 7.61. The summed E-state index contributed by atoms with van der Waals surface area (Å²) < 4.78 is 0. The Balaban J connectivity index is 0.00000280. The van der Waals surface area contributed by atoms with Gasteiger partial charge in [0, 0.05) is 25.1 Å². The predicted molar refractivity (Wildman–Crippen MR) is 113 cm³/mol. The summed E-state index contributed by atoms with van der Waals surface area (Å²) in [7, 11) is 0. The monoisotopic (exact) mass is 401 g/mol. The van der Waals surface area contributed by atoms with Crippen LogP contribution in [-0.2, 0) is 11.2 Å². The van der Waals surface area contributed by atoms with Crippen LogP contribution in [0.1, 0.15) is 29.3 Å². The van der Waals surface area contributed by atoms with E-state index in [9.17, 15) is 9.59 Å². The molecule has 3 N–H and O–H groups in total. The molecule has 0 radical (unpaired) electrons. The fraction of sp³-hybridized carbons (Fsp3) is 0.364. The van der Waals surface area contributed by atoms with Gasteiger partial charge in [0.05, 0.1) is 0 Å². The first-order chi connectivity index (χ1) is 13.0. The number of amides is 2. The minimum Gasteiger partial charge on any atom is -0.340 e. The van der Waals surface area contributed by atoms with Crippen LogP contribution in [0, 0.1) is 5.41 Å². The minimum absolute atomic E-state index is 0. The lowest BCUT2D eigenvalue weighted by atomic mass is 9.90. The molecule has 0 aliphatic carbocycles. The maximum absolute atomic E-state index is 13.2. The highest BCUT2D eigenvalue weighted by atomic mass is 35.5. The molecule has 1 heterocycles. The standard InChI is InChI=1S/C22H27N3O2.ClH/c1-22(15-23)12-13-25(16-22)21(27)19(14-17-8-4-2-5-9-17)24-20(26)18-10-6-3-7-11-18;/h2-11,19H,12-16,23H2,1H3,(H,24,26);1H. The number of carbonyl (C=O) groups is 2. The predicted octanol–water partition coefficient (Wildman–Crippen LogP) is 2.65. The molecular formula is C22H28ClN3O2. The summed E-state index contributed by atoms with van der Waals surface area (Å²) in [5.74, 6) is -0.272. The van der Waals surface area contributed by atoms with Gasteiger partial charge in [-0.2, -0.15) is 0 Å². The van der Waals surface area contributed by atoms with E-state index in [2.05, 4.69) is 12.2 Å².